The first kappa shape index (κ1) is 14.2. The fourth-order valence-corrected chi connectivity index (χ4v) is 3.24. The van der Waals surface area contributed by atoms with E-state index in [1.54, 1.807) is 30.3 Å². The van der Waals surface area contributed by atoms with Crippen LogP contribution in [-0.2, 0) is 9.84 Å². The summed E-state index contributed by atoms with van der Waals surface area (Å²) in [6, 6.07) is 12.1. The predicted octanol–water partition coefficient (Wildman–Crippen LogP) is 3.48. The van der Waals surface area contributed by atoms with Crippen LogP contribution in [0.4, 0.5) is 5.69 Å². The Labute approximate surface area is 121 Å². The number of nitrogen functional groups attached to an aromatic ring is 1. The van der Waals surface area contributed by atoms with Crippen molar-refractivity contribution < 1.29 is 8.42 Å². The Balaban J connectivity index is 2.27. The SMILES string of the molecule is CS(=O)(=O)c1ccc(Sc2cccc(Cl)c2N)cc1. The number of halogens is 1. The largest absolute Gasteiger partial charge is 0.397 e. The number of hydrogen-bond acceptors (Lipinski definition) is 4. The minimum absolute atomic E-state index is 0.302. The van der Waals surface area contributed by atoms with Gasteiger partial charge in [-0.05, 0) is 36.4 Å². The Kier molecular flexibility index (Phi) is 4.08. The van der Waals surface area contributed by atoms with E-state index >= 15 is 0 Å². The molecule has 100 valence electrons. The van der Waals surface area contributed by atoms with E-state index in [9.17, 15) is 8.42 Å². The quantitative estimate of drug-likeness (QED) is 0.881. The zero-order valence-corrected chi connectivity index (χ0v) is 12.5. The standard InChI is InChI=1S/C13H12ClNO2S2/c1-19(16,17)10-7-5-9(6-8-10)18-12-4-2-3-11(14)13(12)15/h2-8H,15H2,1H3. The van der Waals surface area contributed by atoms with Gasteiger partial charge in [0.1, 0.15) is 0 Å². The van der Waals surface area contributed by atoms with Gasteiger partial charge in [-0.15, -0.1) is 0 Å². The van der Waals surface area contributed by atoms with Gasteiger partial charge in [-0.1, -0.05) is 29.4 Å². The van der Waals surface area contributed by atoms with Crippen LogP contribution in [0.5, 0.6) is 0 Å². The number of sulfone groups is 1. The molecule has 2 aromatic rings. The molecule has 0 unspecified atom stereocenters. The van der Waals surface area contributed by atoms with Crippen LogP contribution in [0.2, 0.25) is 5.02 Å². The molecule has 2 N–H and O–H groups in total. The summed E-state index contributed by atoms with van der Waals surface area (Å²) >= 11 is 7.39. The number of benzene rings is 2. The van der Waals surface area contributed by atoms with E-state index in [1.807, 2.05) is 12.1 Å². The molecule has 2 aromatic carbocycles. The van der Waals surface area contributed by atoms with Gasteiger partial charge < -0.3 is 5.73 Å². The van der Waals surface area contributed by atoms with E-state index in [-0.39, 0.29) is 0 Å². The van der Waals surface area contributed by atoms with Gasteiger partial charge in [0.2, 0.25) is 0 Å². The first-order valence-corrected chi connectivity index (χ1v) is 8.48. The Morgan fingerprint density at radius 2 is 1.74 bits per heavy atom. The summed E-state index contributed by atoms with van der Waals surface area (Å²) in [4.78, 5) is 2.05. The molecule has 2 rings (SSSR count). The Morgan fingerprint density at radius 3 is 2.32 bits per heavy atom. The molecule has 0 bridgehead atoms. The highest BCUT2D eigenvalue weighted by atomic mass is 35.5. The molecule has 0 saturated carbocycles. The maximum atomic E-state index is 11.4. The van der Waals surface area contributed by atoms with Crippen LogP contribution in [0.1, 0.15) is 0 Å². The van der Waals surface area contributed by atoms with E-state index in [1.165, 1.54) is 18.0 Å². The predicted molar refractivity (Wildman–Crippen MR) is 79.5 cm³/mol. The van der Waals surface area contributed by atoms with Crippen molar-refractivity contribution in [1.82, 2.24) is 0 Å². The second-order valence-corrected chi connectivity index (χ2v) is 7.54. The summed E-state index contributed by atoms with van der Waals surface area (Å²) in [6.45, 7) is 0. The molecule has 0 fully saturated rings. The Hall–Kier alpha value is -1.17. The van der Waals surface area contributed by atoms with Crippen LogP contribution in [0.15, 0.2) is 57.2 Å². The molecule has 0 aliphatic carbocycles. The number of rotatable bonds is 3. The second kappa shape index (κ2) is 5.45. The number of anilines is 1. The Morgan fingerprint density at radius 1 is 1.11 bits per heavy atom. The molecule has 0 aliphatic heterocycles. The molecule has 0 heterocycles. The lowest BCUT2D eigenvalue weighted by Gasteiger charge is -2.07. The number of nitrogens with two attached hydrogens (primary N) is 1. The lowest BCUT2D eigenvalue weighted by atomic mass is 10.3. The summed E-state index contributed by atoms with van der Waals surface area (Å²) in [7, 11) is -3.16. The zero-order valence-electron chi connectivity index (χ0n) is 10.1. The third-order valence-electron chi connectivity index (χ3n) is 2.49. The average molecular weight is 314 g/mol. The molecule has 3 nitrogen and oxygen atoms in total. The van der Waals surface area contributed by atoms with Crippen molar-refractivity contribution in [2.24, 2.45) is 0 Å². The van der Waals surface area contributed by atoms with Gasteiger partial charge in [0.15, 0.2) is 9.84 Å². The van der Waals surface area contributed by atoms with E-state index in [4.69, 9.17) is 17.3 Å². The van der Waals surface area contributed by atoms with Gasteiger partial charge >= 0.3 is 0 Å². The third kappa shape index (κ3) is 3.43. The molecule has 6 heteroatoms. The minimum Gasteiger partial charge on any atom is -0.397 e. The van der Waals surface area contributed by atoms with Crippen molar-refractivity contribution in [1.29, 1.82) is 0 Å². The summed E-state index contributed by atoms with van der Waals surface area (Å²) in [6.07, 6.45) is 1.18. The maximum absolute atomic E-state index is 11.4. The second-order valence-electron chi connectivity index (χ2n) is 4.00. The monoisotopic (exact) mass is 313 g/mol. The van der Waals surface area contributed by atoms with Crippen LogP contribution in [0, 0.1) is 0 Å². The van der Waals surface area contributed by atoms with E-state index in [0.29, 0.717) is 15.6 Å². The highest BCUT2D eigenvalue weighted by Crippen LogP contribution is 2.35. The van der Waals surface area contributed by atoms with Gasteiger partial charge in [0.05, 0.1) is 15.6 Å². The lowest BCUT2D eigenvalue weighted by Crippen LogP contribution is -1.96. The van der Waals surface area contributed by atoms with Crippen molar-refractivity contribution in [3.63, 3.8) is 0 Å². The highest BCUT2D eigenvalue weighted by molar-refractivity contribution is 7.99. The molecule has 19 heavy (non-hydrogen) atoms. The van der Waals surface area contributed by atoms with Gasteiger partial charge in [-0.2, -0.15) is 0 Å². The summed E-state index contributed by atoms with van der Waals surface area (Å²) < 4.78 is 22.7. The smallest absolute Gasteiger partial charge is 0.175 e. The van der Waals surface area contributed by atoms with Crippen LogP contribution < -0.4 is 5.73 Å². The fourth-order valence-electron chi connectivity index (χ4n) is 1.49. The average Bonchev–Trinajstić information content (AvgIpc) is 2.35. The van der Waals surface area contributed by atoms with Gasteiger partial charge in [-0.25, -0.2) is 8.42 Å². The van der Waals surface area contributed by atoms with Crippen LogP contribution >= 0.6 is 23.4 Å². The van der Waals surface area contributed by atoms with Crippen molar-refractivity contribution in [2.75, 3.05) is 12.0 Å². The first-order valence-electron chi connectivity index (χ1n) is 5.40. The van der Waals surface area contributed by atoms with Crippen molar-refractivity contribution in [3.8, 4) is 0 Å². The van der Waals surface area contributed by atoms with Crippen LogP contribution in [0.3, 0.4) is 0 Å². The summed E-state index contributed by atoms with van der Waals surface area (Å²) in [5.41, 5.74) is 6.41. The number of para-hydroxylation sites is 1. The van der Waals surface area contributed by atoms with Gasteiger partial charge in [0, 0.05) is 16.0 Å². The molecule has 0 radical (unpaired) electrons. The summed E-state index contributed by atoms with van der Waals surface area (Å²) in [5.74, 6) is 0. The molecule has 0 saturated heterocycles. The molecule has 0 atom stereocenters. The molecule has 0 aliphatic rings. The zero-order chi connectivity index (χ0) is 14.0. The van der Waals surface area contributed by atoms with E-state index in [0.717, 1.165) is 9.79 Å². The minimum atomic E-state index is -3.16. The van der Waals surface area contributed by atoms with Gasteiger partial charge in [-0.3, -0.25) is 0 Å². The van der Waals surface area contributed by atoms with E-state index in [2.05, 4.69) is 0 Å². The van der Waals surface area contributed by atoms with Crippen molar-refractivity contribution in [3.05, 3.63) is 47.5 Å². The van der Waals surface area contributed by atoms with Crippen LogP contribution in [0.25, 0.3) is 0 Å². The normalized spacial score (nSPS) is 11.5. The lowest BCUT2D eigenvalue weighted by molar-refractivity contribution is 0.602. The third-order valence-corrected chi connectivity index (χ3v) is 5.03. The summed E-state index contributed by atoms with van der Waals surface area (Å²) in [5, 5.41) is 0.512. The highest BCUT2D eigenvalue weighted by Gasteiger charge is 2.08. The fraction of sp³-hybridized carbons (Fsp3) is 0.0769. The Bertz CT molecular complexity index is 697. The van der Waals surface area contributed by atoms with E-state index < -0.39 is 9.84 Å². The van der Waals surface area contributed by atoms with Crippen molar-refractivity contribution in [2.45, 2.75) is 14.7 Å². The first-order chi connectivity index (χ1) is 8.88. The molecular weight excluding hydrogens is 302 g/mol. The molecular formula is C13H12ClNO2S2. The topological polar surface area (TPSA) is 60.2 Å². The molecule has 0 aromatic heterocycles. The van der Waals surface area contributed by atoms with Crippen molar-refractivity contribution >= 4 is 38.9 Å². The maximum Gasteiger partial charge on any atom is 0.175 e. The van der Waals surface area contributed by atoms with Crippen LogP contribution in [-0.4, -0.2) is 14.7 Å². The molecule has 0 spiro atoms. The van der Waals surface area contributed by atoms with Gasteiger partial charge in [0.25, 0.3) is 0 Å². The molecule has 0 amide bonds. The number of hydrogen-bond donors (Lipinski definition) is 1.